The van der Waals surface area contributed by atoms with Crippen molar-refractivity contribution >= 4 is 0 Å². The first-order chi connectivity index (χ1) is 4.86. The summed E-state index contributed by atoms with van der Waals surface area (Å²) in [4.78, 5) is 0. The van der Waals surface area contributed by atoms with Gasteiger partial charge in [0.1, 0.15) is 0 Å². The largest absolute Gasteiger partial charge is 0.198 e. The van der Waals surface area contributed by atoms with Crippen LogP contribution in [0.2, 0.25) is 0 Å². The van der Waals surface area contributed by atoms with Gasteiger partial charge in [-0.3, -0.25) is 0 Å². The summed E-state index contributed by atoms with van der Waals surface area (Å²) in [5.41, 5.74) is 0.839. The summed E-state index contributed by atoms with van der Waals surface area (Å²) in [5.74, 6) is 0.150. The van der Waals surface area contributed by atoms with Crippen LogP contribution in [0.4, 0.5) is 0 Å². The molecule has 1 aliphatic carbocycles. The standard InChI is InChI=1S/C8H8N2/c9-5-7-1-2-8(6-10)4-3-7/h1,8H,2-4H2. The minimum Gasteiger partial charge on any atom is -0.198 e. The van der Waals surface area contributed by atoms with Crippen molar-refractivity contribution in [3.63, 3.8) is 0 Å². The van der Waals surface area contributed by atoms with Gasteiger partial charge in [0.15, 0.2) is 0 Å². The summed E-state index contributed by atoms with van der Waals surface area (Å²) >= 11 is 0. The quantitative estimate of drug-likeness (QED) is 0.504. The SMILES string of the molecule is N#CC1=CCC(C#N)CC1. The number of hydrogen-bond acceptors (Lipinski definition) is 2. The molecule has 0 heterocycles. The Balaban J connectivity index is 2.56. The van der Waals surface area contributed by atoms with E-state index in [4.69, 9.17) is 10.5 Å². The predicted molar refractivity (Wildman–Crippen MR) is 36.7 cm³/mol. The first kappa shape index (κ1) is 6.83. The number of rotatable bonds is 0. The molecule has 0 saturated carbocycles. The lowest BCUT2D eigenvalue weighted by molar-refractivity contribution is 0.586. The van der Waals surface area contributed by atoms with E-state index in [0.29, 0.717) is 0 Å². The molecule has 0 aliphatic heterocycles. The fourth-order valence-electron chi connectivity index (χ4n) is 1.05. The van der Waals surface area contributed by atoms with Gasteiger partial charge in [0.25, 0.3) is 0 Å². The molecule has 0 fully saturated rings. The molecule has 1 rings (SSSR count). The molecule has 50 valence electrons. The molecule has 0 saturated heterocycles. The zero-order chi connectivity index (χ0) is 7.40. The molecule has 2 nitrogen and oxygen atoms in total. The third-order valence-corrected chi connectivity index (χ3v) is 1.74. The van der Waals surface area contributed by atoms with Crippen molar-refractivity contribution < 1.29 is 0 Å². The van der Waals surface area contributed by atoms with Gasteiger partial charge < -0.3 is 0 Å². The molecular formula is C8H8N2. The van der Waals surface area contributed by atoms with E-state index in [9.17, 15) is 0 Å². The minimum atomic E-state index is 0.150. The first-order valence-corrected chi connectivity index (χ1v) is 3.35. The predicted octanol–water partition coefficient (Wildman–Crippen LogP) is 1.76. The molecule has 1 aliphatic rings. The van der Waals surface area contributed by atoms with Crippen LogP contribution in [0.3, 0.4) is 0 Å². The highest BCUT2D eigenvalue weighted by Crippen LogP contribution is 2.21. The molecule has 0 aromatic heterocycles. The Bertz CT molecular complexity index is 227. The van der Waals surface area contributed by atoms with Crippen LogP contribution in [0.1, 0.15) is 19.3 Å². The Hall–Kier alpha value is -1.28. The van der Waals surface area contributed by atoms with Crippen LogP contribution >= 0.6 is 0 Å². The van der Waals surface area contributed by atoms with Crippen LogP contribution in [-0.4, -0.2) is 0 Å². The molecule has 0 aromatic rings. The van der Waals surface area contributed by atoms with Crippen LogP contribution in [-0.2, 0) is 0 Å². The highest BCUT2D eigenvalue weighted by Gasteiger charge is 2.12. The average Bonchev–Trinajstić information content (AvgIpc) is 2.05. The Kier molecular flexibility index (Phi) is 2.07. The van der Waals surface area contributed by atoms with Crippen molar-refractivity contribution in [2.75, 3.05) is 0 Å². The Morgan fingerprint density at radius 3 is 2.70 bits per heavy atom. The molecule has 0 aromatic carbocycles. The van der Waals surface area contributed by atoms with Gasteiger partial charge in [-0.25, -0.2) is 0 Å². The topological polar surface area (TPSA) is 47.6 Å². The van der Waals surface area contributed by atoms with E-state index in [1.165, 1.54) is 0 Å². The maximum Gasteiger partial charge on any atom is 0.0943 e. The van der Waals surface area contributed by atoms with Gasteiger partial charge in [0.2, 0.25) is 0 Å². The third kappa shape index (κ3) is 1.36. The second kappa shape index (κ2) is 3.03. The van der Waals surface area contributed by atoms with Gasteiger partial charge in [-0.05, 0) is 19.3 Å². The molecule has 10 heavy (non-hydrogen) atoms. The molecule has 0 radical (unpaired) electrons. The van der Waals surface area contributed by atoms with Crippen molar-refractivity contribution in [2.24, 2.45) is 5.92 Å². The molecule has 0 bridgehead atoms. The highest BCUT2D eigenvalue weighted by atomic mass is 14.3. The molecule has 0 spiro atoms. The average molecular weight is 132 g/mol. The summed E-state index contributed by atoms with van der Waals surface area (Å²) < 4.78 is 0. The molecule has 1 atom stereocenters. The summed E-state index contributed by atoms with van der Waals surface area (Å²) in [7, 11) is 0. The molecule has 1 unspecified atom stereocenters. The fraction of sp³-hybridized carbons (Fsp3) is 0.500. The van der Waals surface area contributed by atoms with Gasteiger partial charge in [-0.1, -0.05) is 6.08 Å². The Morgan fingerprint density at radius 2 is 2.30 bits per heavy atom. The van der Waals surface area contributed by atoms with E-state index in [-0.39, 0.29) is 5.92 Å². The van der Waals surface area contributed by atoms with Gasteiger partial charge >= 0.3 is 0 Å². The van der Waals surface area contributed by atoms with Gasteiger partial charge in [-0.2, -0.15) is 10.5 Å². The second-order valence-corrected chi connectivity index (χ2v) is 2.44. The van der Waals surface area contributed by atoms with Crippen molar-refractivity contribution in [1.82, 2.24) is 0 Å². The van der Waals surface area contributed by atoms with E-state index in [0.717, 1.165) is 24.8 Å². The first-order valence-electron chi connectivity index (χ1n) is 3.35. The van der Waals surface area contributed by atoms with Gasteiger partial charge in [-0.15, -0.1) is 0 Å². The zero-order valence-electron chi connectivity index (χ0n) is 5.67. The Morgan fingerprint density at radius 1 is 1.50 bits per heavy atom. The minimum absolute atomic E-state index is 0.150. The maximum atomic E-state index is 8.49. The van der Waals surface area contributed by atoms with Crippen LogP contribution in [0.15, 0.2) is 11.6 Å². The third-order valence-electron chi connectivity index (χ3n) is 1.74. The normalized spacial score (nSPS) is 24.2. The van der Waals surface area contributed by atoms with Crippen LogP contribution in [0, 0.1) is 28.6 Å². The summed E-state index contributed by atoms with van der Waals surface area (Å²) in [6.07, 6.45) is 4.28. The highest BCUT2D eigenvalue weighted by molar-refractivity contribution is 5.23. The van der Waals surface area contributed by atoms with Crippen molar-refractivity contribution in [3.05, 3.63) is 11.6 Å². The summed E-state index contributed by atoms with van der Waals surface area (Å²) in [6, 6.07) is 4.29. The molecule has 0 N–H and O–H groups in total. The molecular weight excluding hydrogens is 124 g/mol. The van der Waals surface area contributed by atoms with E-state index >= 15 is 0 Å². The van der Waals surface area contributed by atoms with Crippen molar-refractivity contribution in [1.29, 1.82) is 10.5 Å². The van der Waals surface area contributed by atoms with E-state index in [2.05, 4.69) is 12.1 Å². The van der Waals surface area contributed by atoms with E-state index < -0.39 is 0 Å². The fourth-order valence-corrected chi connectivity index (χ4v) is 1.05. The number of nitrogens with zero attached hydrogens (tertiary/aromatic N) is 2. The Labute approximate surface area is 60.4 Å². The lowest BCUT2D eigenvalue weighted by Crippen LogP contribution is -2.01. The van der Waals surface area contributed by atoms with Gasteiger partial charge in [0, 0.05) is 5.57 Å². The summed E-state index contributed by atoms with van der Waals surface area (Å²) in [6.45, 7) is 0. The monoisotopic (exact) mass is 132 g/mol. The second-order valence-electron chi connectivity index (χ2n) is 2.44. The summed E-state index contributed by atoms with van der Waals surface area (Å²) in [5, 5.41) is 16.9. The molecule has 0 amide bonds. The number of hydrogen-bond donors (Lipinski definition) is 0. The van der Waals surface area contributed by atoms with Crippen LogP contribution in [0.25, 0.3) is 0 Å². The zero-order valence-corrected chi connectivity index (χ0v) is 5.67. The van der Waals surface area contributed by atoms with E-state index in [1.54, 1.807) is 0 Å². The maximum absolute atomic E-state index is 8.49. The van der Waals surface area contributed by atoms with Crippen LogP contribution < -0.4 is 0 Å². The molecule has 2 heteroatoms. The lowest BCUT2D eigenvalue weighted by atomic mass is 9.91. The van der Waals surface area contributed by atoms with Crippen LogP contribution in [0.5, 0.6) is 0 Å². The van der Waals surface area contributed by atoms with Gasteiger partial charge in [0.05, 0.1) is 18.1 Å². The van der Waals surface area contributed by atoms with Crippen molar-refractivity contribution in [2.45, 2.75) is 19.3 Å². The number of allylic oxidation sites excluding steroid dienone is 2. The van der Waals surface area contributed by atoms with E-state index in [1.807, 2.05) is 6.08 Å². The van der Waals surface area contributed by atoms with Crippen molar-refractivity contribution in [3.8, 4) is 12.1 Å². The number of nitriles is 2. The lowest BCUT2D eigenvalue weighted by Gasteiger charge is -2.10. The smallest absolute Gasteiger partial charge is 0.0943 e.